The molecule has 1 aromatic carbocycles. The second-order valence-corrected chi connectivity index (χ2v) is 6.98. The zero-order chi connectivity index (χ0) is 15.5. The van der Waals surface area contributed by atoms with Crippen molar-refractivity contribution in [2.24, 2.45) is 0 Å². The Morgan fingerprint density at radius 3 is 2.68 bits per heavy atom. The van der Waals surface area contributed by atoms with E-state index in [1.165, 1.54) is 22.7 Å². The summed E-state index contributed by atoms with van der Waals surface area (Å²) in [7, 11) is 0. The molecule has 0 aliphatic rings. The van der Waals surface area contributed by atoms with Crippen molar-refractivity contribution in [2.75, 3.05) is 5.32 Å². The maximum atomic E-state index is 12.5. The zero-order valence-electron chi connectivity index (χ0n) is 12.4. The molecule has 112 valence electrons. The number of hydrogen-bond donors (Lipinski definition) is 1. The third-order valence-electron chi connectivity index (χ3n) is 3.40. The summed E-state index contributed by atoms with van der Waals surface area (Å²) in [6.07, 6.45) is 0.881. The van der Waals surface area contributed by atoms with Crippen molar-refractivity contribution < 1.29 is 4.79 Å². The van der Waals surface area contributed by atoms with Crippen LogP contribution in [0.15, 0.2) is 41.8 Å². The summed E-state index contributed by atoms with van der Waals surface area (Å²) in [5.41, 5.74) is 3.07. The number of nitrogens with zero attached hydrogens (tertiary/aromatic N) is 1. The number of nitrogens with one attached hydrogen (secondary N) is 1. The smallest absolute Gasteiger partial charge is 0.268 e. The first-order valence-electron chi connectivity index (χ1n) is 7.09. The molecule has 1 N–H and O–H groups in total. The highest BCUT2D eigenvalue weighted by Gasteiger charge is 2.16. The Labute approximate surface area is 137 Å². The van der Waals surface area contributed by atoms with E-state index in [0.717, 1.165) is 33.0 Å². The van der Waals surface area contributed by atoms with Gasteiger partial charge in [-0.2, -0.15) is 0 Å². The predicted molar refractivity (Wildman–Crippen MR) is 93.9 cm³/mol. The van der Waals surface area contributed by atoms with Crippen LogP contribution in [0.4, 0.5) is 5.13 Å². The lowest BCUT2D eigenvalue weighted by Gasteiger charge is -2.04. The third-order valence-corrected chi connectivity index (χ3v) is 5.25. The first kappa shape index (κ1) is 14.9. The van der Waals surface area contributed by atoms with Gasteiger partial charge in [0.25, 0.3) is 5.91 Å². The van der Waals surface area contributed by atoms with Crippen LogP contribution in [0.2, 0.25) is 0 Å². The Hall–Kier alpha value is -1.98. The summed E-state index contributed by atoms with van der Waals surface area (Å²) in [6, 6.07) is 11.9. The van der Waals surface area contributed by atoms with Crippen molar-refractivity contribution in [1.29, 1.82) is 0 Å². The molecule has 0 fully saturated rings. The Kier molecular flexibility index (Phi) is 4.36. The molecule has 0 bridgehead atoms. The standard InChI is InChI=1S/C17H16N2OS2/c1-3-14-11(2)22-17(18-14)19-16(20)15-13(9-10-21-15)12-7-5-4-6-8-12/h4-10H,3H2,1-2H3,(H,18,19,20). The fraction of sp³-hybridized carbons (Fsp3) is 0.176. The van der Waals surface area contributed by atoms with Crippen molar-refractivity contribution in [2.45, 2.75) is 20.3 Å². The van der Waals surface area contributed by atoms with Crippen LogP contribution in [0.3, 0.4) is 0 Å². The van der Waals surface area contributed by atoms with E-state index < -0.39 is 0 Å². The van der Waals surface area contributed by atoms with Crippen LogP contribution in [0.25, 0.3) is 11.1 Å². The molecule has 0 aliphatic carbocycles. The van der Waals surface area contributed by atoms with Gasteiger partial charge in [-0.15, -0.1) is 22.7 Å². The first-order chi connectivity index (χ1) is 10.7. The maximum Gasteiger partial charge on any atom is 0.268 e. The summed E-state index contributed by atoms with van der Waals surface area (Å²) in [6.45, 7) is 4.10. The topological polar surface area (TPSA) is 42.0 Å². The molecule has 0 saturated carbocycles. The van der Waals surface area contributed by atoms with Gasteiger partial charge >= 0.3 is 0 Å². The molecule has 1 amide bonds. The molecule has 0 aliphatic heterocycles. The number of aryl methyl sites for hydroxylation is 2. The van der Waals surface area contributed by atoms with E-state index >= 15 is 0 Å². The predicted octanol–water partition coefficient (Wildman–Crippen LogP) is 4.99. The highest BCUT2D eigenvalue weighted by atomic mass is 32.1. The van der Waals surface area contributed by atoms with Crippen molar-refractivity contribution >= 4 is 33.7 Å². The number of thiophene rings is 1. The van der Waals surface area contributed by atoms with E-state index in [2.05, 4.69) is 17.2 Å². The number of carbonyl (C=O) groups is 1. The van der Waals surface area contributed by atoms with E-state index in [0.29, 0.717) is 5.13 Å². The highest BCUT2D eigenvalue weighted by Crippen LogP contribution is 2.30. The van der Waals surface area contributed by atoms with Gasteiger partial charge in [-0.05, 0) is 30.4 Å². The van der Waals surface area contributed by atoms with E-state index in [1.54, 1.807) is 0 Å². The summed E-state index contributed by atoms with van der Waals surface area (Å²) >= 11 is 2.98. The van der Waals surface area contributed by atoms with Crippen LogP contribution >= 0.6 is 22.7 Å². The molecule has 3 rings (SSSR count). The molecule has 0 unspecified atom stereocenters. The van der Waals surface area contributed by atoms with E-state index in [4.69, 9.17) is 0 Å². The van der Waals surface area contributed by atoms with Crippen LogP contribution < -0.4 is 5.32 Å². The van der Waals surface area contributed by atoms with Crippen LogP contribution in [0.5, 0.6) is 0 Å². The number of benzene rings is 1. The lowest BCUT2D eigenvalue weighted by molar-refractivity contribution is 0.103. The van der Waals surface area contributed by atoms with Gasteiger partial charge in [-0.25, -0.2) is 4.98 Å². The average Bonchev–Trinajstić information content (AvgIpc) is 3.14. The maximum absolute atomic E-state index is 12.5. The zero-order valence-corrected chi connectivity index (χ0v) is 14.1. The minimum Gasteiger partial charge on any atom is -0.297 e. The molecule has 0 spiro atoms. The molecule has 2 heterocycles. The summed E-state index contributed by atoms with van der Waals surface area (Å²) in [4.78, 5) is 18.9. The monoisotopic (exact) mass is 328 g/mol. The number of aromatic nitrogens is 1. The van der Waals surface area contributed by atoms with Crippen molar-refractivity contribution in [3.63, 3.8) is 0 Å². The van der Waals surface area contributed by atoms with Gasteiger partial charge in [0.15, 0.2) is 5.13 Å². The first-order valence-corrected chi connectivity index (χ1v) is 8.79. The molecular weight excluding hydrogens is 312 g/mol. The van der Waals surface area contributed by atoms with Crippen molar-refractivity contribution in [3.8, 4) is 11.1 Å². The Balaban J connectivity index is 1.86. The number of thiazole rings is 1. The number of hydrogen-bond acceptors (Lipinski definition) is 4. The minimum absolute atomic E-state index is 0.0924. The lowest BCUT2D eigenvalue weighted by atomic mass is 10.1. The lowest BCUT2D eigenvalue weighted by Crippen LogP contribution is -2.11. The van der Waals surface area contributed by atoms with Crippen LogP contribution in [-0.2, 0) is 6.42 Å². The van der Waals surface area contributed by atoms with E-state index in [1.807, 2.05) is 48.7 Å². The Bertz CT molecular complexity index is 790. The quantitative estimate of drug-likeness (QED) is 0.732. The molecule has 0 atom stereocenters. The molecule has 2 aromatic heterocycles. The van der Waals surface area contributed by atoms with Crippen LogP contribution in [0.1, 0.15) is 27.2 Å². The van der Waals surface area contributed by atoms with Gasteiger partial charge in [0.1, 0.15) is 4.88 Å². The van der Waals surface area contributed by atoms with Crippen molar-refractivity contribution in [1.82, 2.24) is 4.98 Å². The van der Waals surface area contributed by atoms with Gasteiger partial charge in [0.2, 0.25) is 0 Å². The van der Waals surface area contributed by atoms with E-state index in [9.17, 15) is 4.79 Å². The fourth-order valence-corrected chi connectivity index (χ4v) is 4.00. The van der Waals surface area contributed by atoms with Crippen LogP contribution in [0, 0.1) is 6.92 Å². The Morgan fingerprint density at radius 1 is 1.23 bits per heavy atom. The molecule has 5 heteroatoms. The summed E-state index contributed by atoms with van der Waals surface area (Å²) in [5.74, 6) is -0.0924. The number of rotatable bonds is 4. The second-order valence-electron chi connectivity index (χ2n) is 4.86. The number of anilines is 1. The van der Waals surface area contributed by atoms with Gasteiger partial charge in [0, 0.05) is 10.4 Å². The summed E-state index contributed by atoms with van der Waals surface area (Å²) in [5, 5.41) is 5.55. The molecule has 3 aromatic rings. The molecule has 22 heavy (non-hydrogen) atoms. The minimum atomic E-state index is -0.0924. The van der Waals surface area contributed by atoms with Gasteiger partial charge < -0.3 is 0 Å². The van der Waals surface area contributed by atoms with Crippen LogP contribution in [-0.4, -0.2) is 10.9 Å². The third kappa shape index (κ3) is 2.96. The average molecular weight is 328 g/mol. The number of carbonyl (C=O) groups excluding carboxylic acids is 1. The Morgan fingerprint density at radius 2 is 2.00 bits per heavy atom. The summed E-state index contributed by atoms with van der Waals surface area (Å²) < 4.78 is 0. The fourth-order valence-electron chi connectivity index (χ4n) is 2.29. The van der Waals surface area contributed by atoms with Gasteiger partial charge in [0.05, 0.1) is 5.69 Å². The molecule has 0 saturated heterocycles. The molecule has 3 nitrogen and oxygen atoms in total. The van der Waals surface area contributed by atoms with E-state index in [-0.39, 0.29) is 5.91 Å². The SMILES string of the molecule is CCc1nc(NC(=O)c2sccc2-c2ccccc2)sc1C. The highest BCUT2D eigenvalue weighted by molar-refractivity contribution is 7.16. The van der Waals surface area contributed by atoms with Gasteiger partial charge in [-0.3, -0.25) is 10.1 Å². The second kappa shape index (κ2) is 6.42. The normalized spacial score (nSPS) is 10.6. The largest absolute Gasteiger partial charge is 0.297 e. The van der Waals surface area contributed by atoms with Crippen molar-refractivity contribution in [3.05, 3.63) is 57.2 Å². The number of amides is 1. The molecule has 0 radical (unpaired) electrons. The van der Waals surface area contributed by atoms with Gasteiger partial charge in [-0.1, -0.05) is 37.3 Å². The molecular formula is C17H16N2OS2.